The zero-order valence-corrected chi connectivity index (χ0v) is 10.9. The van der Waals surface area contributed by atoms with Crippen LogP contribution in [0.2, 0.25) is 0 Å². The first-order valence-corrected chi connectivity index (χ1v) is 6.56. The second-order valence-corrected chi connectivity index (χ2v) is 4.69. The number of halogens is 1. The third-order valence-corrected chi connectivity index (χ3v) is 3.20. The predicted molar refractivity (Wildman–Crippen MR) is 75.3 cm³/mol. The van der Waals surface area contributed by atoms with Crippen LogP contribution < -0.4 is 5.48 Å². The van der Waals surface area contributed by atoms with Crippen LogP contribution in [0.1, 0.15) is 29.2 Å². The van der Waals surface area contributed by atoms with Gasteiger partial charge in [-0.2, -0.15) is 5.48 Å². The molecule has 0 amide bonds. The van der Waals surface area contributed by atoms with Gasteiger partial charge in [-0.3, -0.25) is 0 Å². The van der Waals surface area contributed by atoms with Gasteiger partial charge in [0.1, 0.15) is 5.82 Å². The fourth-order valence-corrected chi connectivity index (χ4v) is 2.17. The Hall–Kier alpha value is -2.15. The van der Waals surface area contributed by atoms with Gasteiger partial charge in [0.2, 0.25) is 0 Å². The lowest BCUT2D eigenvalue weighted by atomic mass is 10.0. The minimum atomic E-state index is -0.266. The smallest absolute Gasteiger partial charge is 0.124 e. The zero-order chi connectivity index (χ0) is 13.8. The van der Waals surface area contributed by atoms with Crippen molar-refractivity contribution < 1.29 is 9.23 Å². The number of benzene rings is 2. The van der Waals surface area contributed by atoms with E-state index >= 15 is 0 Å². The Morgan fingerprint density at radius 1 is 1.05 bits per heavy atom. The molecular formula is C17H14FNO. The molecule has 0 radical (unpaired) electrons. The van der Waals surface area contributed by atoms with E-state index in [1.807, 2.05) is 18.2 Å². The molecule has 0 unspecified atom stereocenters. The monoisotopic (exact) mass is 267 g/mol. The second-order valence-electron chi connectivity index (χ2n) is 4.69. The van der Waals surface area contributed by atoms with E-state index in [0.29, 0.717) is 5.56 Å². The van der Waals surface area contributed by atoms with Gasteiger partial charge in [-0.25, -0.2) is 4.39 Å². The minimum Gasteiger partial charge on any atom is -0.301 e. The number of hydrogen-bond donors (Lipinski definition) is 1. The SMILES string of the molecule is Fc1cccc(C#Cc2cccc([C@H]3CCON3)c2)c1. The van der Waals surface area contributed by atoms with Gasteiger partial charge in [-0.15, -0.1) is 0 Å². The summed E-state index contributed by atoms with van der Waals surface area (Å²) in [6.07, 6.45) is 0.959. The summed E-state index contributed by atoms with van der Waals surface area (Å²) < 4.78 is 13.1. The molecule has 2 nitrogen and oxygen atoms in total. The van der Waals surface area contributed by atoms with Crippen LogP contribution in [0.5, 0.6) is 0 Å². The van der Waals surface area contributed by atoms with E-state index in [2.05, 4.69) is 23.4 Å². The highest BCUT2D eigenvalue weighted by Crippen LogP contribution is 2.21. The van der Waals surface area contributed by atoms with Gasteiger partial charge in [0, 0.05) is 11.1 Å². The Morgan fingerprint density at radius 3 is 2.50 bits per heavy atom. The van der Waals surface area contributed by atoms with Crippen molar-refractivity contribution in [2.75, 3.05) is 6.61 Å². The molecule has 3 rings (SSSR count). The van der Waals surface area contributed by atoms with Crippen LogP contribution in [0.4, 0.5) is 4.39 Å². The lowest BCUT2D eigenvalue weighted by Crippen LogP contribution is -2.11. The van der Waals surface area contributed by atoms with Crippen LogP contribution in [0.15, 0.2) is 48.5 Å². The van der Waals surface area contributed by atoms with Gasteiger partial charge < -0.3 is 4.84 Å². The molecule has 0 spiro atoms. The van der Waals surface area contributed by atoms with Crippen molar-refractivity contribution in [1.29, 1.82) is 0 Å². The van der Waals surface area contributed by atoms with Gasteiger partial charge >= 0.3 is 0 Å². The molecule has 1 fully saturated rings. The van der Waals surface area contributed by atoms with Gasteiger partial charge in [-0.05, 0) is 42.3 Å². The van der Waals surface area contributed by atoms with Gasteiger partial charge in [0.15, 0.2) is 0 Å². The Bertz CT molecular complexity index is 666. The van der Waals surface area contributed by atoms with Crippen molar-refractivity contribution >= 4 is 0 Å². The molecule has 2 aromatic carbocycles. The fourth-order valence-electron chi connectivity index (χ4n) is 2.17. The fraction of sp³-hybridized carbons (Fsp3) is 0.176. The molecule has 0 aliphatic carbocycles. The van der Waals surface area contributed by atoms with E-state index < -0.39 is 0 Å². The average Bonchev–Trinajstić information content (AvgIpc) is 3.00. The van der Waals surface area contributed by atoms with Crippen molar-refractivity contribution in [1.82, 2.24) is 5.48 Å². The largest absolute Gasteiger partial charge is 0.301 e. The van der Waals surface area contributed by atoms with Gasteiger partial charge in [0.25, 0.3) is 0 Å². The van der Waals surface area contributed by atoms with Crippen molar-refractivity contribution in [2.45, 2.75) is 12.5 Å². The summed E-state index contributed by atoms with van der Waals surface area (Å²) in [5.74, 6) is 5.78. The van der Waals surface area contributed by atoms with Gasteiger partial charge in [0.05, 0.1) is 12.6 Å². The van der Waals surface area contributed by atoms with E-state index in [0.717, 1.165) is 24.2 Å². The summed E-state index contributed by atoms with van der Waals surface area (Å²) in [5.41, 5.74) is 5.74. The Labute approximate surface area is 117 Å². The third kappa shape index (κ3) is 3.05. The summed E-state index contributed by atoms with van der Waals surface area (Å²) in [7, 11) is 0. The highest BCUT2D eigenvalue weighted by Gasteiger charge is 2.16. The van der Waals surface area contributed by atoms with Crippen LogP contribution in [0.25, 0.3) is 0 Å². The molecule has 1 atom stereocenters. The topological polar surface area (TPSA) is 21.3 Å². The Balaban J connectivity index is 1.83. The summed E-state index contributed by atoms with van der Waals surface area (Å²) >= 11 is 0. The number of hydroxylamine groups is 1. The van der Waals surface area contributed by atoms with E-state index in [4.69, 9.17) is 4.84 Å². The minimum absolute atomic E-state index is 0.228. The molecule has 100 valence electrons. The molecule has 3 heteroatoms. The molecule has 2 aromatic rings. The maximum absolute atomic E-state index is 13.1. The molecule has 0 saturated carbocycles. The maximum Gasteiger partial charge on any atom is 0.124 e. The van der Waals surface area contributed by atoms with E-state index in [-0.39, 0.29) is 11.9 Å². The highest BCUT2D eigenvalue weighted by molar-refractivity contribution is 5.44. The zero-order valence-electron chi connectivity index (χ0n) is 10.9. The van der Waals surface area contributed by atoms with Crippen molar-refractivity contribution in [3.63, 3.8) is 0 Å². The van der Waals surface area contributed by atoms with Crippen LogP contribution in [0.3, 0.4) is 0 Å². The van der Waals surface area contributed by atoms with Crippen molar-refractivity contribution in [3.05, 3.63) is 71.0 Å². The summed E-state index contributed by atoms with van der Waals surface area (Å²) in [6.45, 7) is 0.726. The highest BCUT2D eigenvalue weighted by atomic mass is 19.1. The lowest BCUT2D eigenvalue weighted by Gasteiger charge is -2.08. The molecule has 0 aromatic heterocycles. The summed E-state index contributed by atoms with van der Waals surface area (Å²) in [6, 6.07) is 14.6. The number of nitrogens with one attached hydrogen (secondary N) is 1. The normalized spacial score (nSPS) is 17.6. The average molecular weight is 267 g/mol. The third-order valence-electron chi connectivity index (χ3n) is 3.20. The lowest BCUT2D eigenvalue weighted by molar-refractivity contribution is 0.0883. The van der Waals surface area contributed by atoms with Crippen LogP contribution in [0, 0.1) is 17.7 Å². The molecule has 1 aliphatic heterocycles. The molecule has 0 bridgehead atoms. The molecule has 1 heterocycles. The van der Waals surface area contributed by atoms with Crippen molar-refractivity contribution in [2.24, 2.45) is 0 Å². The predicted octanol–water partition coefficient (Wildman–Crippen LogP) is 3.19. The number of hydrogen-bond acceptors (Lipinski definition) is 2. The van der Waals surface area contributed by atoms with Crippen LogP contribution in [-0.2, 0) is 4.84 Å². The quantitative estimate of drug-likeness (QED) is 0.801. The molecule has 1 saturated heterocycles. The maximum atomic E-state index is 13.1. The van der Waals surface area contributed by atoms with E-state index in [1.54, 1.807) is 12.1 Å². The Kier molecular flexibility index (Phi) is 3.78. The molecular weight excluding hydrogens is 253 g/mol. The van der Waals surface area contributed by atoms with E-state index in [9.17, 15) is 4.39 Å². The van der Waals surface area contributed by atoms with E-state index in [1.165, 1.54) is 12.1 Å². The first-order valence-electron chi connectivity index (χ1n) is 6.56. The first-order chi connectivity index (χ1) is 9.81. The first kappa shape index (κ1) is 12.9. The van der Waals surface area contributed by atoms with Crippen molar-refractivity contribution in [3.8, 4) is 11.8 Å². The summed E-state index contributed by atoms with van der Waals surface area (Å²) in [5, 5.41) is 0. The van der Waals surface area contributed by atoms with Crippen LogP contribution in [-0.4, -0.2) is 6.61 Å². The molecule has 1 aliphatic rings. The Morgan fingerprint density at radius 2 is 1.80 bits per heavy atom. The summed E-state index contributed by atoms with van der Waals surface area (Å²) in [4.78, 5) is 5.17. The standard InChI is InChI=1S/C17H14FNO/c18-16-6-2-4-14(12-16)8-7-13-3-1-5-15(11-13)17-9-10-20-19-17/h1-6,11-12,17,19H,9-10H2/t17-/m1/s1. The second kappa shape index (κ2) is 5.87. The number of rotatable bonds is 1. The molecule has 20 heavy (non-hydrogen) atoms. The molecule has 1 N–H and O–H groups in total. The van der Waals surface area contributed by atoms with Crippen LogP contribution >= 0.6 is 0 Å². The van der Waals surface area contributed by atoms with Gasteiger partial charge in [-0.1, -0.05) is 30.0 Å².